The van der Waals surface area contributed by atoms with Crippen LogP contribution in [-0.2, 0) is 10.8 Å². The third kappa shape index (κ3) is 4.91. The van der Waals surface area contributed by atoms with Gasteiger partial charge >= 0.3 is 0 Å². The van der Waals surface area contributed by atoms with Crippen LogP contribution in [-0.4, -0.2) is 33.4 Å². The highest BCUT2D eigenvalue weighted by Crippen LogP contribution is 2.18. The second-order valence-electron chi connectivity index (χ2n) is 3.77. The first-order valence-corrected chi connectivity index (χ1v) is 6.99. The zero-order valence-electron chi connectivity index (χ0n) is 8.71. The normalized spacial score (nSPS) is 19.9. The van der Waals surface area contributed by atoms with Gasteiger partial charge < -0.3 is 10.6 Å². The van der Waals surface area contributed by atoms with Gasteiger partial charge in [0.25, 0.3) is 0 Å². The lowest BCUT2D eigenvalue weighted by molar-refractivity contribution is 0.664. The van der Waals surface area contributed by atoms with Crippen LogP contribution in [0.3, 0.4) is 0 Å². The van der Waals surface area contributed by atoms with E-state index in [4.69, 9.17) is 12.2 Å². The molecule has 0 heterocycles. The zero-order valence-corrected chi connectivity index (χ0v) is 10.3. The molecule has 2 atom stereocenters. The second kappa shape index (κ2) is 5.66. The van der Waals surface area contributed by atoms with E-state index in [2.05, 4.69) is 10.6 Å². The summed E-state index contributed by atoms with van der Waals surface area (Å²) in [6.45, 7) is 2.80. The number of rotatable bonds is 5. The highest BCUT2D eigenvalue weighted by Gasteiger charge is 2.21. The fourth-order valence-corrected chi connectivity index (χ4v) is 1.74. The minimum Gasteiger partial charge on any atom is -0.363 e. The van der Waals surface area contributed by atoms with Gasteiger partial charge in [-0.15, -0.1) is 0 Å². The molecule has 0 saturated heterocycles. The van der Waals surface area contributed by atoms with Gasteiger partial charge in [0, 0.05) is 34.9 Å². The summed E-state index contributed by atoms with van der Waals surface area (Å²) in [6, 6.07) is 0.604. The molecule has 2 N–H and O–H groups in total. The van der Waals surface area contributed by atoms with E-state index >= 15 is 0 Å². The largest absolute Gasteiger partial charge is 0.363 e. The lowest BCUT2D eigenvalue weighted by Crippen LogP contribution is -2.37. The molecule has 0 aromatic carbocycles. The SMILES string of the molecule is CC(CCNC(=S)NC1CC1)S(C)=O. The second-order valence-corrected chi connectivity index (χ2v) is 5.98. The minimum atomic E-state index is -0.727. The van der Waals surface area contributed by atoms with Crippen LogP contribution in [0.5, 0.6) is 0 Å². The van der Waals surface area contributed by atoms with E-state index in [1.165, 1.54) is 12.8 Å². The number of hydrogen-bond acceptors (Lipinski definition) is 2. The van der Waals surface area contributed by atoms with Crippen molar-refractivity contribution in [2.45, 2.75) is 37.5 Å². The summed E-state index contributed by atoms with van der Waals surface area (Å²) in [5.41, 5.74) is 0. The molecule has 14 heavy (non-hydrogen) atoms. The summed E-state index contributed by atoms with van der Waals surface area (Å²) >= 11 is 5.09. The van der Waals surface area contributed by atoms with E-state index in [1.54, 1.807) is 6.26 Å². The quantitative estimate of drug-likeness (QED) is 0.690. The van der Waals surface area contributed by atoms with Crippen molar-refractivity contribution in [3.05, 3.63) is 0 Å². The molecule has 0 aromatic rings. The van der Waals surface area contributed by atoms with Gasteiger partial charge in [-0.05, 0) is 31.5 Å². The summed E-state index contributed by atoms with van der Waals surface area (Å²) in [6.07, 6.45) is 5.11. The molecule has 2 unspecified atom stereocenters. The summed E-state index contributed by atoms with van der Waals surface area (Å²) in [5, 5.41) is 7.31. The Labute approximate surface area is 93.5 Å². The average molecular weight is 234 g/mol. The molecule has 3 nitrogen and oxygen atoms in total. The van der Waals surface area contributed by atoms with Crippen molar-refractivity contribution in [2.75, 3.05) is 12.8 Å². The molecule has 1 aliphatic carbocycles. The van der Waals surface area contributed by atoms with Gasteiger partial charge in [0.15, 0.2) is 5.11 Å². The molecule has 0 radical (unpaired) electrons. The molecule has 0 amide bonds. The summed E-state index contributed by atoms with van der Waals surface area (Å²) < 4.78 is 11.0. The molecule has 0 spiro atoms. The predicted molar refractivity (Wildman–Crippen MR) is 64.9 cm³/mol. The molecule has 82 valence electrons. The van der Waals surface area contributed by atoms with Crippen LogP contribution in [0.25, 0.3) is 0 Å². The van der Waals surface area contributed by atoms with E-state index in [1.807, 2.05) is 6.92 Å². The Balaban J connectivity index is 2.01. The molecule has 0 aliphatic heterocycles. The van der Waals surface area contributed by atoms with Crippen molar-refractivity contribution < 1.29 is 4.21 Å². The van der Waals surface area contributed by atoms with Crippen LogP contribution < -0.4 is 10.6 Å². The van der Waals surface area contributed by atoms with E-state index in [0.717, 1.165) is 18.1 Å². The highest BCUT2D eigenvalue weighted by molar-refractivity contribution is 7.84. The summed E-state index contributed by atoms with van der Waals surface area (Å²) in [7, 11) is -0.727. The lowest BCUT2D eigenvalue weighted by atomic mass is 10.3. The molecule has 0 bridgehead atoms. The van der Waals surface area contributed by atoms with Crippen LogP contribution in [0.2, 0.25) is 0 Å². The molecule has 1 rings (SSSR count). The minimum absolute atomic E-state index is 0.242. The lowest BCUT2D eigenvalue weighted by Gasteiger charge is -2.11. The van der Waals surface area contributed by atoms with Crippen LogP contribution in [0.1, 0.15) is 26.2 Å². The van der Waals surface area contributed by atoms with E-state index in [0.29, 0.717) is 6.04 Å². The maximum absolute atomic E-state index is 11.0. The van der Waals surface area contributed by atoms with Gasteiger partial charge in [-0.2, -0.15) is 0 Å². The first-order chi connectivity index (χ1) is 6.59. The van der Waals surface area contributed by atoms with Crippen LogP contribution in [0.15, 0.2) is 0 Å². The highest BCUT2D eigenvalue weighted by atomic mass is 32.2. The Morgan fingerprint density at radius 1 is 1.64 bits per heavy atom. The van der Waals surface area contributed by atoms with E-state index in [9.17, 15) is 4.21 Å². The Morgan fingerprint density at radius 3 is 2.79 bits per heavy atom. The van der Waals surface area contributed by atoms with Gasteiger partial charge in [-0.25, -0.2) is 0 Å². The standard InChI is InChI=1S/C9H18N2OS2/c1-7(14(2)12)5-6-10-9(13)11-8-3-4-8/h7-8H,3-6H2,1-2H3,(H2,10,11,13). The maximum atomic E-state index is 11.0. The molecule has 1 fully saturated rings. The fraction of sp³-hybridized carbons (Fsp3) is 0.889. The molecular formula is C9H18N2OS2. The summed E-state index contributed by atoms with van der Waals surface area (Å²) in [4.78, 5) is 0. The third-order valence-corrected chi connectivity index (χ3v) is 3.95. The van der Waals surface area contributed by atoms with Crippen molar-refractivity contribution >= 4 is 28.1 Å². The molecule has 5 heteroatoms. The fourth-order valence-electron chi connectivity index (χ4n) is 1.02. The van der Waals surface area contributed by atoms with Gasteiger partial charge in [-0.1, -0.05) is 6.92 Å². The monoisotopic (exact) mass is 234 g/mol. The Morgan fingerprint density at radius 2 is 2.29 bits per heavy atom. The number of nitrogens with one attached hydrogen (secondary N) is 2. The first-order valence-electron chi connectivity index (χ1n) is 4.96. The molecule has 1 saturated carbocycles. The van der Waals surface area contributed by atoms with Gasteiger partial charge in [0.05, 0.1) is 0 Å². The molecular weight excluding hydrogens is 216 g/mol. The van der Waals surface area contributed by atoms with Crippen LogP contribution in [0.4, 0.5) is 0 Å². The van der Waals surface area contributed by atoms with Crippen molar-refractivity contribution in [1.82, 2.24) is 10.6 Å². The first kappa shape index (κ1) is 11.9. The Kier molecular flexibility index (Phi) is 4.81. The smallest absolute Gasteiger partial charge is 0.166 e. The third-order valence-electron chi connectivity index (χ3n) is 2.32. The van der Waals surface area contributed by atoms with Crippen molar-refractivity contribution in [3.63, 3.8) is 0 Å². The van der Waals surface area contributed by atoms with Gasteiger partial charge in [0.2, 0.25) is 0 Å². The molecule has 1 aliphatic rings. The Hall–Kier alpha value is -0.160. The predicted octanol–water partition coefficient (Wildman–Crippen LogP) is 0.770. The number of hydrogen-bond donors (Lipinski definition) is 2. The molecule has 0 aromatic heterocycles. The zero-order chi connectivity index (χ0) is 10.6. The van der Waals surface area contributed by atoms with Gasteiger partial charge in [-0.3, -0.25) is 4.21 Å². The Bertz CT molecular complexity index is 229. The van der Waals surface area contributed by atoms with Crippen molar-refractivity contribution in [1.29, 1.82) is 0 Å². The maximum Gasteiger partial charge on any atom is 0.166 e. The van der Waals surface area contributed by atoms with Crippen LogP contribution in [0, 0.1) is 0 Å². The van der Waals surface area contributed by atoms with Crippen molar-refractivity contribution in [3.8, 4) is 0 Å². The number of thiocarbonyl (C=S) groups is 1. The van der Waals surface area contributed by atoms with Gasteiger partial charge in [0.1, 0.15) is 0 Å². The summed E-state index contributed by atoms with van der Waals surface area (Å²) in [5.74, 6) is 0. The average Bonchev–Trinajstić information content (AvgIpc) is 2.87. The van der Waals surface area contributed by atoms with E-state index in [-0.39, 0.29) is 5.25 Å². The van der Waals surface area contributed by atoms with E-state index < -0.39 is 10.8 Å². The topological polar surface area (TPSA) is 41.1 Å². The van der Waals surface area contributed by atoms with Crippen molar-refractivity contribution in [2.24, 2.45) is 0 Å². The van der Waals surface area contributed by atoms with Crippen LogP contribution >= 0.6 is 12.2 Å².